The van der Waals surface area contributed by atoms with Crippen molar-refractivity contribution in [3.63, 3.8) is 0 Å². The lowest BCUT2D eigenvalue weighted by Crippen LogP contribution is -2.08. The summed E-state index contributed by atoms with van der Waals surface area (Å²) in [5.41, 5.74) is 1.10. The Balaban J connectivity index is 1.85. The maximum Gasteiger partial charge on any atom is 0.416 e. The van der Waals surface area contributed by atoms with Crippen molar-refractivity contribution in [1.82, 2.24) is 9.97 Å². The molecule has 2 aromatic heterocycles. The predicted octanol–water partition coefficient (Wildman–Crippen LogP) is 5.62. The van der Waals surface area contributed by atoms with Crippen molar-refractivity contribution in [3.8, 4) is 10.4 Å². The number of benzene rings is 1. The van der Waals surface area contributed by atoms with Gasteiger partial charge < -0.3 is 10.6 Å². The average molecular weight is 406 g/mol. The fraction of sp³-hybridized carbons (Fsp3) is 0.211. The van der Waals surface area contributed by atoms with Crippen LogP contribution >= 0.6 is 11.3 Å². The third-order valence-electron chi connectivity index (χ3n) is 3.85. The van der Waals surface area contributed by atoms with Crippen LogP contribution in [0.25, 0.3) is 10.4 Å². The van der Waals surface area contributed by atoms with Gasteiger partial charge in [0.1, 0.15) is 5.82 Å². The zero-order valence-corrected chi connectivity index (χ0v) is 15.9. The molecule has 3 aromatic rings. The molecular weight excluding hydrogens is 389 g/mol. The minimum absolute atomic E-state index is 0.123. The van der Waals surface area contributed by atoms with Crippen LogP contribution in [0.2, 0.25) is 0 Å². The minimum Gasteiger partial charge on any atom is -0.340 e. The fourth-order valence-electron chi connectivity index (χ4n) is 2.49. The van der Waals surface area contributed by atoms with E-state index in [0.717, 1.165) is 28.3 Å². The van der Waals surface area contributed by atoms with E-state index in [2.05, 4.69) is 20.6 Å². The molecule has 28 heavy (non-hydrogen) atoms. The Kier molecular flexibility index (Phi) is 5.64. The van der Waals surface area contributed by atoms with Crippen molar-refractivity contribution in [2.24, 2.45) is 0 Å². The van der Waals surface area contributed by atoms with E-state index in [1.807, 2.05) is 6.92 Å². The van der Waals surface area contributed by atoms with Gasteiger partial charge in [-0.25, -0.2) is 9.97 Å². The van der Waals surface area contributed by atoms with Gasteiger partial charge in [-0.1, -0.05) is 24.3 Å². The summed E-state index contributed by atoms with van der Waals surface area (Å²) in [6.45, 7) is 3.58. The van der Waals surface area contributed by atoms with Crippen molar-refractivity contribution >= 4 is 33.9 Å². The maximum atomic E-state index is 12.9. The standard InChI is InChI=1S/C19H17F3N4OS/c1-3-16(27)26-18-24-11(2)17(28-18)12-7-8-23-15(9-12)25-14-6-4-5-13(10-14)19(20,21)22/h4-10H,3H2,1-2H3,(H,23,25)(H,24,26,27). The molecule has 9 heteroatoms. The summed E-state index contributed by atoms with van der Waals surface area (Å²) in [5.74, 6) is 0.283. The maximum absolute atomic E-state index is 12.9. The number of nitrogens with zero attached hydrogens (tertiary/aromatic N) is 2. The van der Waals surface area contributed by atoms with E-state index in [4.69, 9.17) is 0 Å². The van der Waals surface area contributed by atoms with Crippen LogP contribution in [0.5, 0.6) is 0 Å². The zero-order chi connectivity index (χ0) is 20.3. The Morgan fingerprint density at radius 3 is 2.71 bits per heavy atom. The van der Waals surface area contributed by atoms with Gasteiger partial charge in [-0.15, -0.1) is 0 Å². The number of nitrogens with one attached hydrogen (secondary N) is 2. The zero-order valence-electron chi connectivity index (χ0n) is 15.1. The molecule has 2 N–H and O–H groups in total. The number of amides is 1. The topological polar surface area (TPSA) is 66.9 Å². The van der Waals surface area contributed by atoms with Crippen molar-refractivity contribution in [1.29, 1.82) is 0 Å². The van der Waals surface area contributed by atoms with Gasteiger partial charge in [-0.2, -0.15) is 13.2 Å². The third kappa shape index (κ3) is 4.66. The summed E-state index contributed by atoms with van der Waals surface area (Å²) in [6, 6.07) is 8.44. The number of halogens is 3. The molecule has 0 aliphatic rings. The molecule has 1 amide bonds. The molecule has 0 unspecified atom stereocenters. The number of anilines is 3. The van der Waals surface area contributed by atoms with Crippen molar-refractivity contribution in [2.75, 3.05) is 10.6 Å². The smallest absolute Gasteiger partial charge is 0.340 e. The van der Waals surface area contributed by atoms with Gasteiger partial charge in [0.15, 0.2) is 5.13 Å². The highest BCUT2D eigenvalue weighted by molar-refractivity contribution is 7.19. The third-order valence-corrected chi connectivity index (χ3v) is 4.97. The van der Waals surface area contributed by atoms with Crippen LogP contribution in [0.15, 0.2) is 42.6 Å². The molecule has 0 saturated carbocycles. The number of thiazole rings is 1. The largest absolute Gasteiger partial charge is 0.416 e. The number of aromatic nitrogens is 2. The first-order valence-corrected chi connectivity index (χ1v) is 9.26. The first kappa shape index (κ1) is 19.8. The predicted molar refractivity (Wildman–Crippen MR) is 104 cm³/mol. The van der Waals surface area contributed by atoms with Crippen LogP contribution in [0.1, 0.15) is 24.6 Å². The lowest BCUT2D eigenvalue weighted by molar-refractivity contribution is -0.137. The highest BCUT2D eigenvalue weighted by Crippen LogP contribution is 2.34. The Morgan fingerprint density at radius 1 is 1.21 bits per heavy atom. The summed E-state index contributed by atoms with van der Waals surface area (Å²) < 4.78 is 38.6. The summed E-state index contributed by atoms with van der Waals surface area (Å²) >= 11 is 1.33. The molecule has 2 heterocycles. The van der Waals surface area contributed by atoms with E-state index >= 15 is 0 Å². The van der Waals surface area contributed by atoms with E-state index in [9.17, 15) is 18.0 Å². The Bertz CT molecular complexity index is 1000. The molecular formula is C19H17F3N4OS. The molecule has 3 rings (SSSR count). The average Bonchev–Trinajstić information content (AvgIpc) is 3.01. The van der Waals surface area contributed by atoms with E-state index in [-0.39, 0.29) is 11.6 Å². The van der Waals surface area contributed by atoms with Crippen LogP contribution in [0, 0.1) is 6.92 Å². The molecule has 0 fully saturated rings. The van der Waals surface area contributed by atoms with Gasteiger partial charge in [-0.3, -0.25) is 4.79 Å². The van der Waals surface area contributed by atoms with Crippen LogP contribution in [0.3, 0.4) is 0 Å². The van der Waals surface area contributed by atoms with E-state index in [1.54, 1.807) is 31.3 Å². The second kappa shape index (κ2) is 7.97. The Morgan fingerprint density at radius 2 is 2.00 bits per heavy atom. The molecule has 146 valence electrons. The monoisotopic (exact) mass is 406 g/mol. The number of pyridine rings is 1. The molecule has 0 atom stereocenters. The number of rotatable bonds is 5. The van der Waals surface area contributed by atoms with Crippen LogP contribution in [0.4, 0.5) is 29.8 Å². The van der Waals surface area contributed by atoms with Crippen LogP contribution in [-0.2, 0) is 11.0 Å². The van der Waals surface area contributed by atoms with E-state index < -0.39 is 11.7 Å². The van der Waals surface area contributed by atoms with Crippen molar-refractivity contribution in [3.05, 3.63) is 53.9 Å². The lowest BCUT2D eigenvalue weighted by Gasteiger charge is -2.10. The highest BCUT2D eigenvalue weighted by Gasteiger charge is 2.30. The van der Waals surface area contributed by atoms with Gasteiger partial charge in [0.25, 0.3) is 0 Å². The van der Waals surface area contributed by atoms with Gasteiger partial charge in [0.2, 0.25) is 5.91 Å². The molecule has 0 radical (unpaired) electrons. The second-order valence-electron chi connectivity index (χ2n) is 5.97. The summed E-state index contributed by atoms with van der Waals surface area (Å²) in [5, 5.41) is 6.13. The quantitative estimate of drug-likeness (QED) is 0.577. The Hall–Kier alpha value is -2.94. The number of carbonyl (C=O) groups is 1. The van der Waals surface area contributed by atoms with Gasteiger partial charge in [0, 0.05) is 18.3 Å². The Labute approximate surface area is 163 Å². The molecule has 0 saturated heterocycles. The van der Waals surface area contributed by atoms with Crippen LogP contribution < -0.4 is 10.6 Å². The SMILES string of the molecule is CCC(=O)Nc1nc(C)c(-c2ccnc(Nc3cccc(C(F)(F)F)c3)c2)s1. The molecule has 5 nitrogen and oxygen atoms in total. The minimum atomic E-state index is -4.41. The van der Waals surface area contributed by atoms with E-state index in [0.29, 0.717) is 17.4 Å². The van der Waals surface area contributed by atoms with E-state index in [1.165, 1.54) is 17.4 Å². The number of hydrogen-bond donors (Lipinski definition) is 2. The van der Waals surface area contributed by atoms with Crippen molar-refractivity contribution < 1.29 is 18.0 Å². The molecule has 0 aliphatic heterocycles. The molecule has 0 bridgehead atoms. The molecule has 1 aromatic carbocycles. The number of alkyl halides is 3. The lowest BCUT2D eigenvalue weighted by atomic mass is 10.2. The summed E-state index contributed by atoms with van der Waals surface area (Å²) in [4.78, 5) is 20.9. The number of hydrogen-bond acceptors (Lipinski definition) is 5. The second-order valence-corrected chi connectivity index (χ2v) is 6.97. The fourth-order valence-corrected chi connectivity index (χ4v) is 3.47. The number of carbonyl (C=O) groups excluding carboxylic acids is 1. The van der Waals surface area contributed by atoms with Crippen molar-refractivity contribution in [2.45, 2.75) is 26.4 Å². The first-order chi connectivity index (χ1) is 13.3. The first-order valence-electron chi connectivity index (χ1n) is 8.44. The molecule has 0 aliphatic carbocycles. The van der Waals surface area contributed by atoms with Gasteiger partial charge >= 0.3 is 6.18 Å². The van der Waals surface area contributed by atoms with Gasteiger partial charge in [-0.05, 0) is 42.8 Å². The summed E-state index contributed by atoms with van der Waals surface area (Å²) in [6.07, 6.45) is -2.49. The summed E-state index contributed by atoms with van der Waals surface area (Å²) in [7, 11) is 0. The van der Waals surface area contributed by atoms with Crippen LogP contribution in [-0.4, -0.2) is 15.9 Å². The number of aryl methyl sites for hydroxylation is 1. The normalized spacial score (nSPS) is 11.3. The molecule has 0 spiro atoms. The van der Waals surface area contributed by atoms with Gasteiger partial charge in [0.05, 0.1) is 16.1 Å². The highest BCUT2D eigenvalue weighted by atomic mass is 32.1.